The second-order valence-corrected chi connectivity index (χ2v) is 3.59. The van der Waals surface area contributed by atoms with Gasteiger partial charge in [0.1, 0.15) is 0 Å². The van der Waals surface area contributed by atoms with Gasteiger partial charge in [-0.1, -0.05) is 6.58 Å². The van der Waals surface area contributed by atoms with Crippen molar-refractivity contribution in [3.05, 3.63) is 12.8 Å². The van der Waals surface area contributed by atoms with E-state index in [9.17, 15) is 57.1 Å². The van der Waals surface area contributed by atoms with Gasteiger partial charge in [-0.3, -0.25) is 4.74 Å². The lowest BCUT2D eigenvalue weighted by atomic mass is 10.2. The molecular weight excluding hydrogens is 375 g/mol. The molecule has 2 nitrogen and oxygen atoms in total. The minimum atomic E-state index is -7.40. The number of alkyl halides is 13. The van der Waals surface area contributed by atoms with Crippen LogP contribution < -0.4 is 0 Å². The normalized spacial score (nSPS) is 15.5. The van der Waals surface area contributed by atoms with Gasteiger partial charge in [-0.05, 0) is 0 Å². The topological polar surface area (TPSA) is 18.5 Å². The lowest BCUT2D eigenvalue weighted by molar-refractivity contribution is -0.537. The predicted molar refractivity (Wildman–Crippen MR) is 43.2 cm³/mol. The van der Waals surface area contributed by atoms with Gasteiger partial charge in [0.05, 0.1) is 6.26 Å². The van der Waals surface area contributed by atoms with E-state index >= 15 is 0 Å². The first-order valence-electron chi connectivity index (χ1n) is 4.71. The zero-order valence-electron chi connectivity index (χ0n) is 10.0. The molecule has 0 aliphatic carbocycles. The summed E-state index contributed by atoms with van der Waals surface area (Å²) in [4.78, 5) is 0. The SMILES string of the molecule is C=COC(OC(F)(F)C(F)(F)C(F)(F)F)(C(F)(F)F)C(F)(F)F. The van der Waals surface area contributed by atoms with Gasteiger partial charge in [-0.25, -0.2) is 0 Å². The van der Waals surface area contributed by atoms with E-state index in [1.807, 2.05) is 4.74 Å². The second-order valence-electron chi connectivity index (χ2n) is 3.59. The molecule has 0 aromatic rings. The third kappa shape index (κ3) is 3.58. The highest BCUT2D eigenvalue weighted by Gasteiger charge is 2.84. The first-order chi connectivity index (χ1) is 9.77. The Morgan fingerprint density at radius 2 is 0.957 bits per heavy atom. The molecule has 0 saturated carbocycles. The van der Waals surface area contributed by atoms with Crippen molar-refractivity contribution in [2.45, 2.75) is 36.3 Å². The number of hydrogen-bond acceptors (Lipinski definition) is 2. The largest absolute Gasteiger partial charge is 0.465 e. The van der Waals surface area contributed by atoms with E-state index in [1.54, 1.807) is 0 Å². The summed E-state index contributed by atoms with van der Waals surface area (Å²) < 4.78 is 165. The Bertz CT molecular complexity index is 415. The summed E-state index contributed by atoms with van der Waals surface area (Å²) in [5.41, 5.74) is 0. The highest BCUT2D eigenvalue weighted by Crippen LogP contribution is 2.54. The number of ether oxygens (including phenoxy) is 2. The standard InChI is InChI=1S/C8H3F13O2/c1-2-22-4(6(14,15)16,7(17,18)19)23-8(20,21)3(9,10)5(11,12)13/h2H,1H2. The van der Waals surface area contributed by atoms with Gasteiger partial charge in [-0.15, -0.1) is 0 Å². The Labute approximate surface area is 117 Å². The lowest BCUT2D eigenvalue weighted by Crippen LogP contribution is -2.66. The molecule has 138 valence electrons. The average Bonchev–Trinajstić information content (AvgIpc) is 2.22. The second kappa shape index (κ2) is 5.59. The smallest absolute Gasteiger partial charge is 0.455 e. The van der Waals surface area contributed by atoms with E-state index < -0.39 is 42.6 Å². The molecule has 0 bridgehead atoms. The molecule has 0 radical (unpaired) electrons. The minimum Gasteiger partial charge on any atom is -0.455 e. The third-order valence-corrected chi connectivity index (χ3v) is 1.99. The molecule has 0 atom stereocenters. The number of halogens is 13. The zero-order valence-corrected chi connectivity index (χ0v) is 10.0. The molecule has 0 saturated heterocycles. The fraction of sp³-hybridized carbons (Fsp3) is 0.750. The molecule has 0 heterocycles. The van der Waals surface area contributed by atoms with Crippen LogP contribution >= 0.6 is 0 Å². The van der Waals surface area contributed by atoms with Crippen LogP contribution in [0, 0.1) is 0 Å². The molecule has 0 aromatic heterocycles. The van der Waals surface area contributed by atoms with Gasteiger partial charge in [0.2, 0.25) is 0 Å². The summed E-state index contributed by atoms with van der Waals surface area (Å²) in [6.07, 6.45) is -29.3. The van der Waals surface area contributed by atoms with Crippen LogP contribution in [-0.4, -0.2) is 36.3 Å². The van der Waals surface area contributed by atoms with Gasteiger partial charge < -0.3 is 4.74 Å². The van der Waals surface area contributed by atoms with Crippen LogP contribution in [0.1, 0.15) is 0 Å². The van der Waals surface area contributed by atoms with E-state index in [0.29, 0.717) is 0 Å². The van der Waals surface area contributed by atoms with Crippen molar-refractivity contribution < 1.29 is 66.5 Å². The Morgan fingerprint density at radius 3 is 1.17 bits per heavy atom. The first kappa shape index (κ1) is 21.6. The molecule has 0 N–H and O–H groups in total. The summed E-state index contributed by atoms with van der Waals surface area (Å²) in [5, 5.41) is 0. The highest BCUT2D eigenvalue weighted by molar-refractivity contribution is 4.94. The van der Waals surface area contributed by atoms with E-state index in [2.05, 4.69) is 11.3 Å². The van der Waals surface area contributed by atoms with E-state index in [4.69, 9.17) is 0 Å². The monoisotopic (exact) mass is 378 g/mol. The average molecular weight is 378 g/mol. The van der Waals surface area contributed by atoms with Crippen molar-refractivity contribution in [2.75, 3.05) is 0 Å². The van der Waals surface area contributed by atoms with Crippen LogP contribution in [0.3, 0.4) is 0 Å². The molecule has 0 aromatic carbocycles. The van der Waals surface area contributed by atoms with Crippen molar-refractivity contribution in [3.63, 3.8) is 0 Å². The van der Waals surface area contributed by atoms with Crippen molar-refractivity contribution >= 4 is 0 Å². The molecule has 0 aliphatic rings. The maximum Gasteiger partial charge on any atom is 0.465 e. The highest BCUT2D eigenvalue weighted by atomic mass is 19.4. The van der Waals surface area contributed by atoms with Gasteiger partial charge >= 0.3 is 36.3 Å². The molecular formula is C8H3F13O2. The van der Waals surface area contributed by atoms with E-state index in [0.717, 1.165) is 0 Å². The minimum absolute atomic E-state index is 0.775. The van der Waals surface area contributed by atoms with Gasteiger partial charge in [0, 0.05) is 0 Å². The number of hydrogen-bond donors (Lipinski definition) is 0. The van der Waals surface area contributed by atoms with Crippen molar-refractivity contribution in [2.24, 2.45) is 0 Å². The summed E-state index contributed by atoms with van der Waals surface area (Å²) in [5.74, 6) is -13.9. The molecule has 0 spiro atoms. The summed E-state index contributed by atoms with van der Waals surface area (Å²) in [7, 11) is 0. The summed E-state index contributed by atoms with van der Waals surface area (Å²) in [6, 6.07) is 0. The van der Waals surface area contributed by atoms with Crippen molar-refractivity contribution in [1.29, 1.82) is 0 Å². The zero-order chi connectivity index (χ0) is 19.1. The molecule has 23 heavy (non-hydrogen) atoms. The van der Waals surface area contributed by atoms with Gasteiger partial charge in [0.25, 0.3) is 0 Å². The van der Waals surface area contributed by atoms with Crippen LogP contribution in [0.2, 0.25) is 0 Å². The first-order valence-corrected chi connectivity index (χ1v) is 4.71. The molecule has 0 amide bonds. The van der Waals surface area contributed by atoms with Gasteiger partial charge in [-0.2, -0.15) is 57.1 Å². The molecule has 0 unspecified atom stereocenters. The summed E-state index contributed by atoms with van der Waals surface area (Å²) >= 11 is 0. The lowest BCUT2D eigenvalue weighted by Gasteiger charge is -2.39. The Kier molecular flexibility index (Phi) is 5.25. The number of rotatable bonds is 5. The predicted octanol–water partition coefficient (Wildman–Crippen LogP) is 4.77. The van der Waals surface area contributed by atoms with Crippen LogP contribution in [0.25, 0.3) is 0 Å². The van der Waals surface area contributed by atoms with Crippen LogP contribution in [0.15, 0.2) is 12.8 Å². The van der Waals surface area contributed by atoms with E-state index in [-0.39, 0.29) is 0 Å². The van der Waals surface area contributed by atoms with Gasteiger partial charge in [0.15, 0.2) is 0 Å². The quantitative estimate of drug-likeness (QED) is 0.390. The molecule has 0 fully saturated rings. The maximum atomic E-state index is 12.8. The van der Waals surface area contributed by atoms with Crippen LogP contribution in [-0.2, 0) is 9.47 Å². The third-order valence-electron chi connectivity index (χ3n) is 1.99. The fourth-order valence-electron chi connectivity index (χ4n) is 0.961. The molecule has 15 heteroatoms. The van der Waals surface area contributed by atoms with Crippen molar-refractivity contribution in [1.82, 2.24) is 0 Å². The van der Waals surface area contributed by atoms with Crippen LogP contribution in [0.5, 0.6) is 0 Å². The van der Waals surface area contributed by atoms with Crippen LogP contribution in [0.4, 0.5) is 57.1 Å². The van der Waals surface area contributed by atoms with Crippen molar-refractivity contribution in [3.8, 4) is 0 Å². The molecule has 0 rings (SSSR count). The maximum absolute atomic E-state index is 12.8. The molecule has 0 aliphatic heterocycles. The Balaban J connectivity index is 6.24. The van der Waals surface area contributed by atoms with E-state index in [1.165, 1.54) is 0 Å². The Morgan fingerprint density at radius 1 is 0.609 bits per heavy atom. The summed E-state index contributed by atoms with van der Waals surface area (Å²) in [6.45, 7) is 2.16. The fourth-order valence-corrected chi connectivity index (χ4v) is 0.961. The Hall–Kier alpha value is -1.41.